The van der Waals surface area contributed by atoms with Crippen molar-refractivity contribution < 1.29 is 14.5 Å². The Bertz CT molecular complexity index is 1190. The van der Waals surface area contributed by atoms with Crippen LogP contribution >= 0.6 is 0 Å². The van der Waals surface area contributed by atoms with Crippen LogP contribution < -0.4 is 10.1 Å². The van der Waals surface area contributed by atoms with Crippen LogP contribution in [0.1, 0.15) is 10.4 Å². The van der Waals surface area contributed by atoms with E-state index in [9.17, 15) is 14.9 Å². The summed E-state index contributed by atoms with van der Waals surface area (Å²) in [6.45, 7) is 0. The molecule has 0 saturated heterocycles. The molecule has 4 rings (SSSR count). The Morgan fingerprint density at radius 2 is 1.66 bits per heavy atom. The van der Waals surface area contributed by atoms with Crippen LogP contribution in [0, 0.1) is 10.1 Å². The van der Waals surface area contributed by atoms with Crippen LogP contribution in [0.15, 0.2) is 79.1 Å². The highest BCUT2D eigenvalue weighted by Gasteiger charge is 2.12. The second kappa shape index (κ2) is 7.73. The van der Waals surface area contributed by atoms with Crippen molar-refractivity contribution in [2.45, 2.75) is 0 Å². The third-order valence-corrected chi connectivity index (χ3v) is 4.18. The molecule has 0 radical (unpaired) electrons. The fourth-order valence-corrected chi connectivity index (χ4v) is 2.73. The van der Waals surface area contributed by atoms with Gasteiger partial charge < -0.3 is 10.1 Å². The average Bonchev–Trinajstić information content (AvgIpc) is 2.75. The summed E-state index contributed by atoms with van der Waals surface area (Å²) in [7, 11) is 0. The summed E-state index contributed by atoms with van der Waals surface area (Å²) in [5.41, 5.74) is 1.74. The van der Waals surface area contributed by atoms with E-state index in [2.05, 4.69) is 15.3 Å². The summed E-state index contributed by atoms with van der Waals surface area (Å²) < 4.78 is 5.31. The molecule has 4 aromatic rings. The number of ether oxygens (including phenoxy) is 1. The number of carbonyl (C=O) groups is 1. The monoisotopic (exact) mass is 386 g/mol. The van der Waals surface area contributed by atoms with E-state index in [1.165, 1.54) is 30.6 Å². The van der Waals surface area contributed by atoms with Crippen molar-refractivity contribution in [1.29, 1.82) is 0 Å². The van der Waals surface area contributed by atoms with Crippen LogP contribution in [0.5, 0.6) is 5.75 Å². The van der Waals surface area contributed by atoms with Gasteiger partial charge in [-0.3, -0.25) is 10.1 Å². The van der Waals surface area contributed by atoms with Gasteiger partial charge in [0.2, 0.25) is 0 Å². The molecule has 0 amide bonds. The van der Waals surface area contributed by atoms with Gasteiger partial charge in [0.1, 0.15) is 17.9 Å². The molecule has 0 aliphatic carbocycles. The van der Waals surface area contributed by atoms with Crippen molar-refractivity contribution in [1.82, 2.24) is 9.97 Å². The number of nitrogens with one attached hydrogen (secondary N) is 1. The summed E-state index contributed by atoms with van der Waals surface area (Å²) in [5.74, 6) is 0.431. The van der Waals surface area contributed by atoms with Crippen LogP contribution in [0.4, 0.5) is 17.2 Å². The molecule has 1 aromatic heterocycles. The number of nitro benzene ring substituents is 1. The number of nitro groups is 1. The Hall–Kier alpha value is -4.33. The van der Waals surface area contributed by atoms with Gasteiger partial charge in [-0.05, 0) is 48.5 Å². The number of hydrogen-bond donors (Lipinski definition) is 1. The molecule has 0 aliphatic rings. The molecule has 3 aromatic carbocycles. The number of esters is 1. The van der Waals surface area contributed by atoms with Crippen LogP contribution in [0.3, 0.4) is 0 Å². The zero-order chi connectivity index (χ0) is 20.2. The van der Waals surface area contributed by atoms with Crippen molar-refractivity contribution in [2.75, 3.05) is 5.32 Å². The number of hydrogen-bond acceptors (Lipinski definition) is 7. The molecule has 8 nitrogen and oxygen atoms in total. The van der Waals surface area contributed by atoms with Gasteiger partial charge >= 0.3 is 5.97 Å². The Balaban J connectivity index is 1.46. The van der Waals surface area contributed by atoms with Crippen LogP contribution in [-0.4, -0.2) is 20.9 Å². The summed E-state index contributed by atoms with van der Waals surface area (Å²) in [5, 5.41) is 14.8. The predicted octanol–water partition coefficient (Wildman–Crippen LogP) is 4.50. The Kier molecular flexibility index (Phi) is 4.81. The second-order valence-corrected chi connectivity index (χ2v) is 6.08. The van der Waals surface area contributed by atoms with Crippen LogP contribution in [0.2, 0.25) is 0 Å². The van der Waals surface area contributed by atoms with E-state index in [1.54, 1.807) is 24.3 Å². The maximum Gasteiger partial charge on any atom is 0.343 e. The summed E-state index contributed by atoms with van der Waals surface area (Å²) in [6, 6.07) is 19.7. The van der Waals surface area contributed by atoms with Gasteiger partial charge in [-0.25, -0.2) is 14.8 Å². The molecule has 1 heterocycles. The van der Waals surface area contributed by atoms with E-state index in [4.69, 9.17) is 4.74 Å². The highest BCUT2D eigenvalue weighted by atomic mass is 16.6. The smallest absolute Gasteiger partial charge is 0.343 e. The first-order valence-electron chi connectivity index (χ1n) is 8.63. The molecular formula is C21H14N4O4. The van der Waals surface area contributed by atoms with Crippen molar-refractivity contribution >= 4 is 34.1 Å². The molecule has 29 heavy (non-hydrogen) atoms. The first-order chi connectivity index (χ1) is 14.1. The lowest BCUT2D eigenvalue weighted by Crippen LogP contribution is -2.08. The van der Waals surface area contributed by atoms with Gasteiger partial charge in [0.25, 0.3) is 5.69 Å². The predicted molar refractivity (Wildman–Crippen MR) is 107 cm³/mol. The van der Waals surface area contributed by atoms with E-state index in [-0.39, 0.29) is 11.3 Å². The first-order valence-corrected chi connectivity index (χ1v) is 8.63. The average molecular weight is 386 g/mol. The number of fused-ring (bicyclic) bond motifs is 1. The van der Waals surface area contributed by atoms with Crippen LogP contribution in [0.25, 0.3) is 10.9 Å². The molecule has 0 fully saturated rings. The van der Waals surface area contributed by atoms with E-state index < -0.39 is 10.9 Å². The third kappa shape index (κ3) is 4.01. The molecule has 8 heteroatoms. The van der Waals surface area contributed by atoms with Gasteiger partial charge in [-0.15, -0.1) is 0 Å². The zero-order valence-electron chi connectivity index (χ0n) is 15.0. The molecule has 1 N–H and O–H groups in total. The maximum atomic E-state index is 12.2. The number of aromatic nitrogens is 2. The van der Waals surface area contributed by atoms with Crippen molar-refractivity contribution in [3.05, 3.63) is 94.8 Å². The minimum atomic E-state index is -0.595. The Labute approximate surface area is 165 Å². The SMILES string of the molecule is O=C(Oc1ccc(Nc2ncnc3ccccc23)cc1)c1ccc([N+](=O)[O-])cc1. The number of nitrogens with zero attached hydrogens (tertiary/aromatic N) is 3. The van der Waals surface area contributed by atoms with E-state index in [0.29, 0.717) is 11.6 Å². The van der Waals surface area contributed by atoms with E-state index >= 15 is 0 Å². The van der Waals surface area contributed by atoms with Gasteiger partial charge in [0.15, 0.2) is 0 Å². The standard InChI is InChI=1S/C21H14N4O4/c26-21(14-5-9-16(10-6-14)25(27)28)29-17-11-7-15(8-12-17)24-20-18-3-1-2-4-19(18)22-13-23-20/h1-13H,(H,22,23,24). The number of benzene rings is 3. The summed E-state index contributed by atoms with van der Waals surface area (Å²) in [6.07, 6.45) is 1.49. The minimum Gasteiger partial charge on any atom is -0.423 e. The zero-order valence-corrected chi connectivity index (χ0v) is 15.0. The molecular weight excluding hydrogens is 372 g/mol. The number of rotatable bonds is 5. The molecule has 142 valence electrons. The quantitative estimate of drug-likeness (QED) is 0.233. The van der Waals surface area contributed by atoms with E-state index in [0.717, 1.165) is 16.6 Å². The van der Waals surface area contributed by atoms with Gasteiger partial charge in [-0.1, -0.05) is 12.1 Å². The van der Waals surface area contributed by atoms with E-state index in [1.807, 2.05) is 24.3 Å². The summed E-state index contributed by atoms with van der Waals surface area (Å²) >= 11 is 0. The van der Waals surface area contributed by atoms with Gasteiger partial charge in [-0.2, -0.15) is 0 Å². The largest absolute Gasteiger partial charge is 0.423 e. The molecule has 0 atom stereocenters. The second-order valence-electron chi connectivity index (χ2n) is 6.08. The molecule has 0 aliphatic heterocycles. The normalized spacial score (nSPS) is 10.5. The lowest BCUT2D eigenvalue weighted by Gasteiger charge is -2.09. The fourth-order valence-electron chi connectivity index (χ4n) is 2.73. The lowest BCUT2D eigenvalue weighted by atomic mass is 10.2. The van der Waals surface area contributed by atoms with Gasteiger partial charge in [0, 0.05) is 23.2 Å². The summed E-state index contributed by atoms with van der Waals surface area (Å²) in [4.78, 5) is 30.9. The van der Waals surface area contributed by atoms with Crippen molar-refractivity contribution in [2.24, 2.45) is 0 Å². The Morgan fingerprint density at radius 3 is 2.38 bits per heavy atom. The number of non-ortho nitro benzene ring substituents is 1. The number of para-hydroxylation sites is 1. The maximum absolute atomic E-state index is 12.2. The minimum absolute atomic E-state index is 0.0887. The third-order valence-electron chi connectivity index (χ3n) is 4.18. The van der Waals surface area contributed by atoms with Crippen molar-refractivity contribution in [3.8, 4) is 5.75 Å². The van der Waals surface area contributed by atoms with Crippen molar-refractivity contribution in [3.63, 3.8) is 0 Å². The Morgan fingerprint density at radius 1 is 0.931 bits per heavy atom. The highest BCUT2D eigenvalue weighted by molar-refractivity contribution is 5.92. The molecule has 0 spiro atoms. The highest BCUT2D eigenvalue weighted by Crippen LogP contribution is 2.24. The fraction of sp³-hybridized carbons (Fsp3) is 0. The molecule has 0 bridgehead atoms. The topological polar surface area (TPSA) is 107 Å². The number of anilines is 2. The first kappa shape index (κ1) is 18.1. The number of carbonyl (C=O) groups excluding carboxylic acids is 1. The van der Waals surface area contributed by atoms with Gasteiger partial charge in [0.05, 0.1) is 16.0 Å². The lowest BCUT2D eigenvalue weighted by molar-refractivity contribution is -0.384. The molecule has 0 unspecified atom stereocenters. The van der Waals surface area contributed by atoms with Crippen LogP contribution in [-0.2, 0) is 0 Å². The molecule has 0 saturated carbocycles.